The van der Waals surface area contributed by atoms with Gasteiger partial charge < -0.3 is 10.1 Å². The molecule has 0 radical (unpaired) electrons. The second-order valence-electron chi connectivity index (χ2n) is 7.54. The van der Waals surface area contributed by atoms with Crippen molar-refractivity contribution in [2.45, 2.75) is 58.4 Å². The fourth-order valence-electron chi connectivity index (χ4n) is 3.49. The highest BCUT2D eigenvalue weighted by molar-refractivity contribution is 5.78. The summed E-state index contributed by atoms with van der Waals surface area (Å²) in [6, 6.07) is 14.6. The average molecular weight is 351 g/mol. The zero-order chi connectivity index (χ0) is 18.5. The standard InChI is InChI=1S/C23H29NO2/c1-16(2)18-10-12-22(13-11-18)26-15-23(25)24-17(3)20-9-8-19-6-4-5-7-21(19)14-20/h8-14,16-17H,4-7,15H2,1-3H3,(H,24,25)/t17-/m1/s1. The molecule has 2 aromatic rings. The monoisotopic (exact) mass is 351 g/mol. The van der Waals surface area contributed by atoms with Crippen molar-refractivity contribution in [3.05, 3.63) is 64.7 Å². The van der Waals surface area contributed by atoms with Gasteiger partial charge in [-0.15, -0.1) is 0 Å². The van der Waals surface area contributed by atoms with Crippen LogP contribution in [0.4, 0.5) is 0 Å². The molecule has 0 unspecified atom stereocenters. The number of ether oxygens (including phenoxy) is 1. The molecule has 1 N–H and O–H groups in total. The van der Waals surface area contributed by atoms with Gasteiger partial charge in [-0.25, -0.2) is 0 Å². The highest BCUT2D eigenvalue weighted by Gasteiger charge is 2.14. The van der Waals surface area contributed by atoms with Crippen LogP contribution in [0.25, 0.3) is 0 Å². The summed E-state index contributed by atoms with van der Waals surface area (Å²) in [5.74, 6) is 1.12. The van der Waals surface area contributed by atoms with Gasteiger partial charge >= 0.3 is 0 Å². The van der Waals surface area contributed by atoms with Crippen LogP contribution in [0.2, 0.25) is 0 Å². The lowest BCUT2D eigenvalue weighted by Crippen LogP contribution is -2.31. The van der Waals surface area contributed by atoms with Crippen LogP contribution in [-0.2, 0) is 17.6 Å². The number of hydrogen-bond acceptors (Lipinski definition) is 2. The molecule has 0 saturated heterocycles. The number of aryl methyl sites for hydroxylation is 2. The molecule has 0 aliphatic heterocycles. The van der Waals surface area contributed by atoms with Gasteiger partial charge in [-0.3, -0.25) is 4.79 Å². The summed E-state index contributed by atoms with van der Waals surface area (Å²) in [6.45, 7) is 6.38. The second-order valence-corrected chi connectivity index (χ2v) is 7.54. The molecule has 1 amide bonds. The van der Waals surface area contributed by atoms with Gasteiger partial charge in [0.15, 0.2) is 6.61 Å². The first kappa shape index (κ1) is 18.5. The van der Waals surface area contributed by atoms with Gasteiger partial charge in [0.2, 0.25) is 0 Å². The van der Waals surface area contributed by atoms with Crippen molar-refractivity contribution in [1.29, 1.82) is 0 Å². The lowest BCUT2D eigenvalue weighted by atomic mass is 9.89. The highest BCUT2D eigenvalue weighted by Crippen LogP contribution is 2.25. The Labute approximate surface area is 156 Å². The molecular weight excluding hydrogens is 322 g/mol. The van der Waals surface area contributed by atoms with Gasteiger partial charge in [0.05, 0.1) is 6.04 Å². The first-order valence-corrected chi connectivity index (χ1v) is 9.67. The number of carbonyl (C=O) groups is 1. The number of carbonyl (C=O) groups excluding carboxylic acids is 1. The summed E-state index contributed by atoms with van der Waals surface area (Å²) in [4.78, 5) is 12.2. The lowest BCUT2D eigenvalue weighted by Gasteiger charge is -2.20. The van der Waals surface area contributed by atoms with E-state index in [0.29, 0.717) is 5.92 Å². The van der Waals surface area contributed by atoms with E-state index in [0.717, 1.165) is 12.2 Å². The zero-order valence-corrected chi connectivity index (χ0v) is 16.0. The molecule has 0 bridgehead atoms. The van der Waals surface area contributed by atoms with E-state index in [2.05, 4.69) is 37.4 Å². The van der Waals surface area contributed by atoms with Gasteiger partial charge in [-0.1, -0.05) is 44.2 Å². The van der Waals surface area contributed by atoms with Crippen LogP contribution >= 0.6 is 0 Å². The largest absolute Gasteiger partial charge is 0.484 e. The third-order valence-electron chi connectivity index (χ3n) is 5.17. The Morgan fingerprint density at radius 1 is 0.962 bits per heavy atom. The Bertz CT molecular complexity index is 749. The minimum atomic E-state index is -0.0943. The maximum Gasteiger partial charge on any atom is 0.258 e. The van der Waals surface area contributed by atoms with Crippen molar-refractivity contribution in [3.8, 4) is 5.75 Å². The Balaban J connectivity index is 1.52. The van der Waals surface area contributed by atoms with E-state index < -0.39 is 0 Å². The minimum absolute atomic E-state index is 0.0124. The lowest BCUT2D eigenvalue weighted by molar-refractivity contribution is -0.123. The fourth-order valence-corrected chi connectivity index (χ4v) is 3.49. The van der Waals surface area contributed by atoms with Crippen molar-refractivity contribution in [2.75, 3.05) is 6.61 Å². The van der Waals surface area contributed by atoms with Crippen LogP contribution in [-0.4, -0.2) is 12.5 Å². The number of hydrogen-bond donors (Lipinski definition) is 1. The van der Waals surface area contributed by atoms with Crippen LogP contribution < -0.4 is 10.1 Å². The molecule has 2 aromatic carbocycles. The van der Waals surface area contributed by atoms with E-state index in [1.165, 1.54) is 41.5 Å². The second kappa shape index (κ2) is 8.39. The average Bonchev–Trinajstić information content (AvgIpc) is 2.66. The number of fused-ring (bicyclic) bond motifs is 1. The quantitative estimate of drug-likeness (QED) is 0.800. The molecule has 3 nitrogen and oxygen atoms in total. The molecule has 3 heteroatoms. The molecule has 1 atom stereocenters. The molecule has 26 heavy (non-hydrogen) atoms. The smallest absolute Gasteiger partial charge is 0.258 e. The summed E-state index contributed by atoms with van der Waals surface area (Å²) in [5, 5.41) is 3.04. The van der Waals surface area contributed by atoms with E-state index in [9.17, 15) is 4.79 Å². The zero-order valence-electron chi connectivity index (χ0n) is 16.0. The summed E-state index contributed by atoms with van der Waals surface area (Å²) in [7, 11) is 0. The van der Waals surface area contributed by atoms with E-state index in [1.807, 2.05) is 31.2 Å². The molecule has 1 aliphatic carbocycles. The van der Waals surface area contributed by atoms with Gasteiger partial charge in [0, 0.05) is 0 Å². The van der Waals surface area contributed by atoms with Crippen molar-refractivity contribution in [1.82, 2.24) is 5.32 Å². The van der Waals surface area contributed by atoms with Crippen LogP contribution in [0.3, 0.4) is 0 Å². The SMILES string of the molecule is CC(C)c1ccc(OCC(=O)N[C@H](C)c2ccc3c(c2)CCCC3)cc1. The summed E-state index contributed by atoms with van der Waals surface area (Å²) >= 11 is 0. The van der Waals surface area contributed by atoms with E-state index in [4.69, 9.17) is 4.74 Å². The molecule has 0 saturated carbocycles. The third kappa shape index (κ3) is 4.66. The summed E-state index contributed by atoms with van der Waals surface area (Å²) < 4.78 is 5.62. The van der Waals surface area contributed by atoms with Crippen LogP contribution in [0, 0.1) is 0 Å². The fraction of sp³-hybridized carbons (Fsp3) is 0.435. The molecule has 138 valence electrons. The Morgan fingerprint density at radius 2 is 1.62 bits per heavy atom. The van der Waals surface area contributed by atoms with E-state index >= 15 is 0 Å². The van der Waals surface area contributed by atoms with Crippen molar-refractivity contribution < 1.29 is 9.53 Å². The van der Waals surface area contributed by atoms with Crippen molar-refractivity contribution in [3.63, 3.8) is 0 Å². The summed E-state index contributed by atoms with van der Waals surface area (Å²) in [5.41, 5.74) is 5.34. The molecule has 3 rings (SSSR count). The maximum atomic E-state index is 12.2. The number of benzene rings is 2. The molecule has 0 fully saturated rings. The molecular formula is C23H29NO2. The number of amides is 1. The minimum Gasteiger partial charge on any atom is -0.484 e. The van der Waals surface area contributed by atoms with Crippen molar-refractivity contribution >= 4 is 5.91 Å². The Kier molecular flexibility index (Phi) is 5.97. The molecule has 0 aromatic heterocycles. The van der Waals surface area contributed by atoms with Gasteiger partial charge in [-0.05, 0) is 72.9 Å². The topological polar surface area (TPSA) is 38.3 Å². The van der Waals surface area contributed by atoms with Gasteiger partial charge in [0.25, 0.3) is 5.91 Å². The maximum absolute atomic E-state index is 12.2. The molecule has 1 aliphatic rings. The first-order valence-electron chi connectivity index (χ1n) is 9.67. The van der Waals surface area contributed by atoms with Crippen LogP contribution in [0.5, 0.6) is 5.75 Å². The number of rotatable bonds is 6. The summed E-state index contributed by atoms with van der Waals surface area (Å²) in [6.07, 6.45) is 4.88. The van der Waals surface area contributed by atoms with E-state index in [1.54, 1.807) is 0 Å². The van der Waals surface area contributed by atoms with Crippen LogP contribution in [0.1, 0.15) is 67.8 Å². The van der Waals surface area contributed by atoms with Gasteiger partial charge in [-0.2, -0.15) is 0 Å². The highest BCUT2D eigenvalue weighted by atomic mass is 16.5. The predicted octanol–water partition coefficient (Wildman–Crippen LogP) is 4.95. The van der Waals surface area contributed by atoms with Gasteiger partial charge in [0.1, 0.15) is 5.75 Å². The first-order chi connectivity index (χ1) is 12.5. The Morgan fingerprint density at radius 3 is 2.31 bits per heavy atom. The normalized spacial score (nSPS) is 14.6. The number of nitrogens with one attached hydrogen (secondary N) is 1. The predicted molar refractivity (Wildman–Crippen MR) is 106 cm³/mol. The van der Waals surface area contributed by atoms with Crippen molar-refractivity contribution in [2.24, 2.45) is 0 Å². The third-order valence-corrected chi connectivity index (χ3v) is 5.17. The van der Waals surface area contributed by atoms with E-state index in [-0.39, 0.29) is 18.6 Å². The Hall–Kier alpha value is -2.29. The van der Waals surface area contributed by atoms with Crippen LogP contribution in [0.15, 0.2) is 42.5 Å². The molecule has 0 heterocycles. The molecule has 0 spiro atoms.